The van der Waals surface area contributed by atoms with Crippen molar-refractivity contribution in [3.8, 4) is 11.4 Å². The highest BCUT2D eigenvalue weighted by atomic mass is 16.3. The monoisotopic (exact) mass is 272 g/mol. The van der Waals surface area contributed by atoms with Crippen molar-refractivity contribution in [3.05, 3.63) is 66.2 Å². The van der Waals surface area contributed by atoms with E-state index >= 15 is 0 Å². The lowest BCUT2D eigenvalue weighted by Crippen LogP contribution is -2.15. The Hall–Kier alpha value is -2.65. The van der Waals surface area contributed by atoms with E-state index in [1.807, 2.05) is 47.0 Å². The lowest BCUT2D eigenvalue weighted by atomic mass is 9.95. The first-order valence-electron chi connectivity index (χ1n) is 7.01. The number of rotatable bonds is 0. The van der Waals surface area contributed by atoms with E-state index in [1.54, 1.807) is 0 Å². The second-order valence-electron chi connectivity index (χ2n) is 5.42. The summed E-state index contributed by atoms with van der Waals surface area (Å²) >= 11 is 0. The fourth-order valence-corrected chi connectivity index (χ4v) is 3.39. The van der Waals surface area contributed by atoms with Crippen molar-refractivity contribution in [2.24, 2.45) is 0 Å². The van der Waals surface area contributed by atoms with Gasteiger partial charge < -0.3 is 5.11 Å². The summed E-state index contributed by atoms with van der Waals surface area (Å²) in [5.41, 5.74) is 3.91. The average Bonchev–Trinajstić information content (AvgIpc) is 2.92. The molecular weight excluding hydrogens is 260 g/mol. The largest absolute Gasteiger partial charge is 0.369 e. The molecule has 21 heavy (non-hydrogen) atoms. The quantitative estimate of drug-likeness (QED) is 0.530. The molecule has 1 aromatic heterocycles. The summed E-state index contributed by atoms with van der Waals surface area (Å²) < 4.78 is 1.92. The van der Waals surface area contributed by atoms with Gasteiger partial charge >= 0.3 is 0 Å². The van der Waals surface area contributed by atoms with Crippen LogP contribution in [0.3, 0.4) is 0 Å². The number of benzene rings is 3. The number of aliphatic hydroxyl groups excluding tert-OH is 1. The van der Waals surface area contributed by atoms with Crippen LogP contribution in [0.1, 0.15) is 11.8 Å². The van der Waals surface area contributed by atoms with Crippen LogP contribution in [0, 0.1) is 0 Å². The average molecular weight is 272 g/mol. The molecule has 100 valence electrons. The number of imidazole rings is 1. The number of aromatic nitrogens is 2. The SMILES string of the molecule is O[C@@H]1c2cccc3cccc(c23)-c2nc3ccccc3n21. The molecule has 3 nitrogen and oxygen atoms in total. The van der Waals surface area contributed by atoms with Crippen LogP contribution < -0.4 is 0 Å². The molecule has 0 saturated heterocycles. The third-order valence-electron chi connectivity index (χ3n) is 4.30. The van der Waals surface area contributed by atoms with E-state index < -0.39 is 6.23 Å². The Morgan fingerprint density at radius 3 is 2.62 bits per heavy atom. The van der Waals surface area contributed by atoms with Crippen LogP contribution >= 0.6 is 0 Å². The zero-order valence-electron chi connectivity index (χ0n) is 11.2. The molecule has 1 atom stereocenters. The van der Waals surface area contributed by atoms with Gasteiger partial charge in [0.05, 0.1) is 11.0 Å². The van der Waals surface area contributed by atoms with Gasteiger partial charge in [0.15, 0.2) is 6.23 Å². The van der Waals surface area contributed by atoms with Gasteiger partial charge in [-0.1, -0.05) is 48.5 Å². The minimum atomic E-state index is -0.689. The first-order valence-corrected chi connectivity index (χ1v) is 7.01. The van der Waals surface area contributed by atoms with Crippen molar-refractivity contribution in [2.75, 3.05) is 0 Å². The van der Waals surface area contributed by atoms with Crippen LogP contribution in [-0.4, -0.2) is 14.7 Å². The third kappa shape index (κ3) is 1.29. The van der Waals surface area contributed by atoms with Gasteiger partial charge in [0, 0.05) is 16.5 Å². The van der Waals surface area contributed by atoms with Gasteiger partial charge in [-0.3, -0.25) is 4.57 Å². The zero-order chi connectivity index (χ0) is 14.0. The smallest absolute Gasteiger partial charge is 0.159 e. The highest BCUT2D eigenvalue weighted by Gasteiger charge is 2.27. The first-order chi connectivity index (χ1) is 10.3. The molecule has 5 rings (SSSR count). The molecule has 0 unspecified atom stereocenters. The molecule has 3 aromatic carbocycles. The summed E-state index contributed by atoms with van der Waals surface area (Å²) in [7, 11) is 0. The van der Waals surface area contributed by atoms with E-state index in [2.05, 4.69) is 18.2 Å². The standard InChI is InChI=1S/C18H12N2O/c21-18-13-8-4-6-11-5-3-7-12(16(11)13)17-19-14-9-1-2-10-15(14)20(17)18/h1-10,18,21H/t18-/m1/s1. The summed E-state index contributed by atoms with van der Waals surface area (Å²) in [5.74, 6) is 0.841. The van der Waals surface area contributed by atoms with E-state index in [4.69, 9.17) is 4.98 Å². The highest BCUT2D eigenvalue weighted by molar-refractivity contribution is 6.01. The topological polar surface area (TPSA) is 38.1 Å². The number of aliphatic hydroxyl groups is 1. The van der Waals surface area contributed by atoms with E-state index in [-0.39, 0.29) is 0 Å². The van der Waals surface area contributed by atoms with Gasteiger partial charge in [-0.05, 0) is 17.5 Å². The van der Waals surface area contributed by atoms with Crippen LogP contribution in [0.25, 0.3) is 33.2 Å². The predicted octanol–water partition coefficient (Wildman–Crippen LogP) is 3.71. The minimum Gasteiger partial charge on any atom is -0.369 e. The Morgan fingerprint density at radius 1 is 0.905 bits per heavy atom. The van der Waals surface area contributed by atoms with E-state index in [9.17, 15) is 5.11 Å². The molecule has 0 amide bonds. The lowest BCUT2D eigenvalue weighted by molar-refractivity contribution is 0.152. The molecule has 0 aliphatic carbocycles. The Bertz CT molecular complexity index is 1010. The molecule has 1 aliphatic heterocycles. The molecule has 0 saturated carbocycles. The van der Waals surface area contributed by atoms with Crippen molar-refractivity contribution < 1.29 is 5.11 Å². The maximum atomic E-state index is 10.8. The second-order valence-corrected chi connectivity index (χ2v) is 5.42. The van der Waals surface area contributed by atoms with Crippen molar-refractivity contribution in [3.63, 3.8) is 0 Å². The number of fused-ring (bicyclic) bond motifs is 4. The summed E-state index contributed by atoms with van der Waals surface area (Å²) in [6.45, 7) is 0. The summed E-state index contributed by atoms with van der Waals surface area (Å²) in [5, 5.41) is 13.1. The van der Waals surface area contributed by atoms with Gasteiger partial charge in [0.1, 0.15) is 5.82 Å². The van der Waals surface area contributed by atoms with Crippen molar-refractivity contribution in [1.29, 1.82) is 0 Å². The van der Waals surface area contributed by atoms with Crippen molar-refractivity contribution in [1.82, 2.24) is 9.55 Å². The van der Waals surface area contributed by atoms with Gasteiger partial charge in [-0.15, -0.1) is 0 Å². The Labute approximate surface area is 121 Å². The molecule has 1 aliphatic rings. The number of nitrogens with zero attached hydrogens (tertiary/aromatic N) is 2. The molecule has 0 radical (unpaired) electrons. The van der Waals surface area contributed by atoms with Crippen LogP contribution in [-0.2, 0) is 0 Å². The summed E-state index contributed by atoms with van der Waals surface area (Å²) in [6, 6.07) is 20.2. The van der Waals surface area contributed by atoms with E-state index in [0.29, 0.717) is 0 Å². The fourth-order valence-electron chi connectivity index (χ4n) is 3.39. The minimum absolute atomic E-state index is 0.689. The van der Waals surface area contributed by atoms with Gasteiger partial charge in [-0.25, -0.2) is 4.98 Å². The first kappa shape index (κ1) is 11.1. The Morgan fingerprint density at radius 2 is 1.71 bits per heavy atom. The predicted molar refractivity (Wildman–Crippen MR) is 83.0 cm³/mol. The van der Waals surface area contributed by atoms with Gasteiger partial charge in [0.25, 0.3) is 0 Å². The van der Waals surface area contributed by atoms with Crippen LogP contribution in [0.2, 0.25) is 0 Å². The number of hydrogen-bond donors (Lipinski definition) is 1. The molecular formula is C18H12N2O. The van der Waals surface area contributed by atoms with Crippen LogP contribution in [0.15, 0.2) is 60.7 Å². The van der Waals surface area contributed by atoms with E-state index in [0.717, 1.165) is 38.8 Å². The molecule has 4 aromatic rings. The maximum absolute atomic E-state index is 10.8. The molecule has 3 heteroatoms. The molecule has 0 fully saturated rings. The molecule has 1 N–H and O–H groups in total. The van der Waals surface area contributed by atoms with Crippen LogP contribution in [0.5, 0.6) is 0 Å². The van der Waals surface area contributed by atoms with Crippen LogP contribution in [0.4, 0.5) is 0 Å². The summed E-state index contributed by atoms with van der Waals surface area (Å²) in [6.07, 6.45) is -0.689. The second kappa shape index (κ2) is 3.71. The third-order valence-corrected chi connectivity index (χ3v) is 4.30. The Kier molecular flexibility index (Phi) is 1.95. The summed E-state index contributed by atoms with van der Waals surface area (Å²) in [4.78, 5) is 4.73. The molecule has 2 heterocycles. The highest BCUT2D eigenvalue weighted by Crippen LogP contribution is 2.41. The number of para-hydroxylation sites is 2. The van der Waals surface area contributed by atoms with Gasteiger partial charge in [0.2, 0.25) is 0 Å². The lowest BCUT2D eigenvalue weighted by Gasteiger charge is -2.25. The number of hydrogen-bond acceptors (Lipinski definition) is 2. The normalized spacial score (nSPS) is 16.3. The fraction of sp³-hybridized carbons (Fsp3) is 0.0556. The van der Waals surface area contributed by atoms with Crippen molar-refractivity contribution in [2.45, 2.75) is 6.23 Å². The Balaban J connectivity index is 2.03. The van der Waals surface area contributed by atoms with E-state index in [1.165, 1.54) is 0 Å². The molecule has 0 bridgehead atoms. The maximum Gasteiger partial charge on any atom is 0.159 e. The van der Waals surface area contributed by atoms with Gasteiger partial charge in [-0.2, -0.15) is 0 Å². The zero-order valence-corrected chi connectivity index (χ0v) is 11.2. The molecule has 0 spiro atoms. The van der Waals surface area contributed by atoms with Crippen molar-refractivity contribution >= 4 is 21.8 Å².